The summed E-state index contributed by atoms with van der Waals surface area (Å²) in [6.07, 6.45) is 3.43. The molecule has 3 aromatic rings. The number of carbonyl (C=O) groups is 2. The van der Waals surface area contributed by atoms with E-state index in [9.17, 15) is 18.0 Å². The van der Waals surface area contributed by atoms with E-state index in [-0.39, 0.29) is 10.6 Å². The Balaban J connectivity index is 1.35. The van der Waals surface area contributed by atoms with Gasteiger partial charge in [0.1, 0.15) is 10.7 Å². The number of ether oxygens (including phenoxy) is 1. The smallest absolute Gasteiger partial charge is 0.348 e. The van der Waals surface area contributed by atoms with Crippen LogP contribution in [0.5, 0.6) is 0 Å². The maximum absolute atomic E-state index is 12.7. The molecule has 8 nitrogen and oxygen atoms in total. The Bertz CT molecular complexity index is 1280. The van der Waals surface area contributed by atoms with Gasteiger partial charge < -0.3 is 10.1 Å². The minimum absolute atomic E-state index is 0.00881. The summed E-state index contributed by atoms with van der Waals surface area (Å²) in [4.78, 5) is 29.3. The molecule has 0 fully saturated rings. The number of esters is 1. The lowest BCUT2D eigenvalue weighted by atomic mass is 10.2. The molecule has 2 heterocycles. The van der Waals surface area contributed by atoms with Crippen LogP contribution in [-0.4, -0.2) is 39.3 Å². The summed E-state index contributed by atoms with van der Waals surface area (Å²) in [5.41, 5.74) is 0.281. The quantitative estimate of drug-likeness (QED) is 0.513. The van der Waals surface area contributed by atoms with E-state index in [1.54, 1.807) is 12.1 Å². The lowest BCUT2D eigenvalue weighted by molar-refractivity contribution is -0.119. The summed E-state index contributed by atoms with van der Waals surface area (Å²) in [7, 11) is -3.83. The highest BCUT2D eigenvalue weighted by Crippen LogP contribution is 2.25. The first-order chi connectivity index (χ1) is 15.9. The molecule has 0 radical (unpaired) electrons. The van der Waals surface area contributed by atoms with Crippen molar-refractivity contribution in [3.05, 3.63) is 59.5 Å². The minimum atomic E-state index is -3.83. The molecule has 4 rings (SSSR count). The molecular formula is C23H23N3O5S2. The predicted molar refractivity (Wildman–Crippen MR) is 128 cm³/mol. The van der Waals surface area contributed by atoms with Crippen LogP contribution in [0, 0.1) is 0 Å². The van der Waals surface area contributed by atoms with Gasteiger partial charge in [0.15, 0.2) is 6.61 Å². The molecule has 172 valence electrons. The van der Waals surface area contributed by atoms with Crippen molar-refractivity contribution in [1.29, 1.82) is 0 Å². The van der Waals surface area contributed by atoms with Gasteiger partial charge in [0.25, 0.3) is 15.9 Å². The molecule has 33 heavy (non-hydrogen) atoms. The van der Waals surface area contributed by atoms with Crippen molar-refractivity contribution in [2.24, 2.45) is 4.99 Å². The van der Waals surface area contributed by atoms with Gasteiger partial charge in [-0.1, -0.05) is 30.7 Å². The van der Waals surface area contributed by atoms with Crippen LogP contribution < -0.4 is 10.0 Å². The second kappa shape index (κ2) is 10.1. The molecule has 10 heteroatoms. The van der Waals surface area contributed by atoms with Crippen LogP contribution in [0.15, 0.2) is 64.5 Å². The monoisotopic (exact) mass is 485 g/mol. The van der Waals surface area contributed by atoms with Crippen LogP contribution in [0.2, 0.25) is 0 Å². The van der Waals surface area contributed by atoms with E-state index < -0.39 is 28.5 Å². The molecule has 1 amide bonds. The number of hydrogen-bond donors (Lipinski definition) is 2. The lowest BCUT2D eigenvalue weighted by Gasteiger charge is -2.11. The number of nitrogens with zero attached hydrogens (tertiary/aromatic N) is 1. The molecule has 1 aliphatic rings. The summed E-state index contributed by atoms with van der Waals surface area (Å²) in [5.74, 6) is -0.703. The summed E-state index contributed by atoms with van der Waals surface area (Å²) in [6.45, 7) is 0.118. The van der Waals surface area contributed by atoms with Crippen LogP contribution in [0.25, 0.3) is 10.1 Å². The number of sulfonamides is 1. The first kappa shape index (κ1) is 22.9. The van der Waals surface area contributed by atoms with Gasteiger partial charge in [-0.3, -0.25) is 14.5 Å². The number of aliphatic imine (C=N–C) groups is 1. The third-order valence-corrected chi connectivity index (χ3v) is 7.49. The van der Waals surface area contributed by atoms with E-state index in [2.05, 4.69) is 15.0 Å². The van der Waals surface area contributed by atoms with Gasteiger partial charge >= 0.3 is 5.97 Å². The third-order valence-electron chi connectivity index (χ3n) is 5.02. The highest BCUT2D eigenvalue weighted by molar-refractivity contribution is 7.90. The normalized spacial score (nSPS) is 14.2. The first-order valence-electron chi connectivity index (χ1n) is 10.5. The largest absolute Gasteiger partial charge is 0.451 e. The van der Waals surface area contributed by atoms with Crippen LogP contribution in [0.1, 0.15) is 35.4 Å². The van der Waals surface area contributed by atoms with Gasteiger partial charge in [-0.2, -0.15) is 0 Å². The Hall–Kier alpha value is -3.24. The van der Waals surface area contributed by atoms with Gasteiger partial charge in [0.2, 0.25) is 0 Å². The number of anilines is 1. The standard InChI is InChI=1S/C23H23N3O5S2/c27-22(15-31-23(28)20-13-16-7-3-4-10-19(16)32-20)25-17-8-6-9-18(14-17)33(29,30)26-21-11-2-1-5-12-24-21/h3-4,6-10,13-14H,1-2,5,11-12,15H2,(H,24,26)(H,25,27). The topological polar surface area (TPSA) is 114 Å². The van der Waals surface area contributed by atoms with Crippen LogP contribution >= 0.6 is 11.3 Å². The molecule has 0 atom stereocenters. The zero-order valence-electron chi connectivity index (χ0n) is 17.7. The summed E-state index contributed by atoms with van der Waals surface area (Å²) in [5, 5.41) is 3.50. The second-order valence-electron chi connectivity index (χ2n) is 7.55. The van der Waals surface area contributed by atoms with Gasteiger partial charge in [-0.25, -0.2) is 13.2 Å². The number of thiophene rings is 1. The van der Waals surface area contributed by atoms with E-state index >= 15 is 0 Å². The lowest BCUT2D eigenvalue weighted by Crippen LogP contribution is -2.30. The van der Waals surface area contributed by atoms with Crippen molar-refractivity contribution >= 4 is 54.8 Å². The van der Waals surface area contributed by atoms with Crippen molar-refractivity contribution in [3.8, 4) is 0 Å². The zero-order chi connectivity index (χ0) is 23.3. The molecule has 0 unspecified atom stereocenters. The van der Waals surface area contributed by atoms with E-state index in [0.717, 1.165) is 29.3 Å². The number of amidine groups is 1. The van der Waals surface area contributed by atoms with Crippen LogP contribution in [0.4, 0.5) is 5.69 Å². The maximum atomic E-state index is 12.7. The Kier molecular flexibility index (Phi) is 7.05. The van der Waals surface area contributed by atoms with Gasteiger partial charge in [0, 0.05) is 23.4 Å². The number of benzene rings is 2. The van der Waals surface area contributed by atoms with Crippen LogP contribution in [0.3, 0.4) is 0 Å². The number of hydrogen-bond acceptors (Lipinski definition) is 7. The molecule has 2 N–H and O–H groups in total. The first-order valence-corrected chi connectivity index (χ1v) is 12.8. The predicted octanol–water partition coefficient (Wildman–Crippen LogP) is 3.95. The Morgan fingerprint density at radius 3 is 2.73 bits per heavy atom. The fourth-order valence-electron chi connectivity index (χ4n) is 3.39. The average Bonchev–Trinajstić information content (AvgIpc) is 3.08. The number of amides is 1. The Labute approximate surface area is 195 Å². The van der Waals surface area contributed by atoms with E-state index in [0.29, 0.717) is 23.7 Å². The summed E-state index contributed by atoms with van der Waals surface area (Å²) in [6, 6.07) is 15.2. The summed E-state index contributed by atoms with van der Waals surface area (Å²) < 4.78 is 34.1. The minimum Gasteiger partial charge on any atom is -0.451 e. The number of rotatable bonds is 6. The molecule has 0 spiro atoms. The molecule has 1 aliphatic heterocycles. The number of carbonyl (C=O) groups excluding carboxylic acids is 2. The van der Waals surface area contributed by atoms with Crippen LogP contribution in [-0.2, 0) is 19.6 Å². The van der Waals surface area contributed by atoms with E-state index in [1.165, 1.54) is 29.5 Å². The van der Waals surface area contributed by atoms with Crippen molar-refractivity contribution in [1.82, 2.24) is 4.72 Å². The number of fused-ring (bicyclic) bond motifs is 1. The van der Waals surface area contributed by atoms with E-state index in [4.69, 9.17) is 4.74 Å². The van der Waals surface area contributed by atoms with Crippen molar-refractivity contribution in [2.45, 2.75) is 30.6 Å². The highest BCUT2D eigenvalue weighted by Gasteiger charge is 2.18. The van der Waals surface area contributed by atoms with Gasteiger partial charge in [-0.15, -0.1) is 11.3 Å². The second-order valence-corrected chi connectivity index (χ2v) is 10.3. The SMILES string of the molecule is O=C(COC(=O)c1cc2ccccc2s1)Nc1cccc(S(=O)(=O)NC2=NCCCCC2)c1. The zero-order valence-corrected chi connectivity index (χ0v) is 19.4. The van der Waals surface area contributed by atoms with Gasteiger partial charge in [0.05, 0.1) is 4.90 Å². The van der Waals surface area contributed by atoms with Crippen molar-refractivity contribution in [2.75, 3.05) is 18.5 Å². The molecule has 0 bridgehead atoms. The van der Waals surface area contributed by atoms with Crippen molar-refractivity contribution < 1.29 is 22.7 Å². The molecule has 0 saturated heterocycles. The fraction of sp³-hybridized carbons (Fsp3) is 0.261. The fourth-order valence-corrected chi connectivity index (χ4v) is 5.49. The Morgan fingerprint density at radius 1 is 1.03 bits per heavy atom. The highest BCUT2D eigenvalue weighted by atomic mass is 32.2. The molecule has 1 aromatic heterocycles. The molecular weight excluding hydrogens is 462 g/mol. The van der Waals surface area contributed by atoms with Gasteiger partial charge in [-0.05, 0) is 48.6 Å². The van der Waals surface area contributed by atoms with E-state index in [1.807, 2.05) is 24.3 Å². The molecule has 0 aliphatic carbocycles. The number of nitrogens with one attached hydrogen (secondary N) is 2. The van der Waals surface area contributed by atoms with Crippen molar-refractivity contribution in [3.63, 3.8) is 0 Å². The third kappa shape index (κ3) is 5.96. The Morgan fingerprint density at radius 2 is 1.88 bits per heavy atom. The molecule has 2 aromatic carbocycles. The molecule has 0 saturated carbocycles. The maximum Gasteiger partial charge on any atom is 0.348 e. The average molecular weight is 486 g/mol. The summed E-state index contributed by atoms with van der Waals surface area (Å²) >= 11 is 1.29.